The number of amides is 1. The Labute approximate surface area is 74.1 Å². The highest BCUT2D eigenvalue weighted by atomic mass is 16.1. The predicted molar refractivity (Wildman–Crippen MR) is 49.8 cm³/mol. The molecule has 3 N–H and O–H groups in total. The number of carbonyl (C=O) groups is 1. The normalized spacial score (nSPS) is 13.1. The van der Waals surface area contributed by atoms with Gasteiger partial charge in [0.2, 0.25) is 5.91 Å². The smallest absolute Gasteiger partial charge is 0.234 e. The molecule has 0 heterocycles. The summed E-state index contributed by atoms with van der Waals surface area (Å²) in [6, 6.07) is 0.157. The fourth-order valence-electron chi connectivity index (χ4n) is 0.782. The lowest BCUT2D eigenvalue weighted by molar-refractivity contribution is -0.121. The number of nitrogens with one attached hydrogen (secondary N) is 1. The minimum Gasteiger partial charge on any atom is -0.355 e. The minimum atomic E-state index is 0.0562. The zero-order chi connectivity index (χ0) is 9.56. The highest BCUT2D eigenvalue weighted by Crippen LogP contribution is 1.82. The Morgan fingerprint density at radius 1 is 1.58 bits per heavy atom. The second-order valence-electron chi connectivity index (χ2n) is 3.35. The van der Waals surface area contributed by atoms with Crippen LogP contribution in [-0.2, 0) is 4.79 Å². The van der Waals surface area contributed by atoms with Gasteiger partial charge >= 0.3 is 0 Å². The molecule has 4 heteroatoms. The van der Waals surface area contributed by atoms with Gasteiger partial charge < -0.3 is 16.0 Å². The Hall–Kier alpha value is -0.610. The number of nitrogens with zero attached hydrogens (tertiary/aromatic N) is 1. The molecule has 4 nitrogen and oxygen atoms in total. The number of hydrogen-bond acceptors (Lipinski definition) is 3. The van der Waals surface area contributed by atoms with Gasteiger partial charge in [0.25, 0.3) is 0 Å². The van der Waals surface area contributed by atoms with Gasteiger partial charge in [-0.05, 0) is 27.4 Å². The van der Waals surface area contributed by atoms with E-state index in [9.17, 15) is 4.79 Å². The molecular formula is C8H19N3O. The van der Waals surface area contributed by atoms with E-state index in [0.29, 0.717) is 13.1 Å². The van der Waals surface area contributed by atoms with E-state index >= 15 is 0 Å². The third-order valence-corrected chi connectivity index (χ3v) is 1.38. The lowest BCUT2D eigenvalue weighted by Crippen LogP contribution is -2.35. The van der Waals surface area contributed by atoms with Crippen molar-refractivity contribution in [2.75, 3.05) is 27.2 Å². The van der Waals surface area contributed by atoms with Crippen molar-refractivity contribution in [3.8, 4) is 0 Å². The lowest BCUT2D eigenvalue weighted by Gasteiger charge is -2.10. The van der Waals surface area contributed by atoms with Crippen LogP contribution in [0.3, 0.4) is 0 Å². The Morgan fingerprint density at radius 3 is 2.58 bits per heavy atom. The maximum Gasteiger partial charge on any atom is 0.234 e. The third kappa shape index (κ3) is 7.50. The molecule has 0 aromatic heterocycles. The zero-order valence-corrected chi connectivity index (χ0v) is 8.13. The van der Waals surface area contributed by atoms with Gasteiger partial charge in [-0.15, -0.1) is 0 Å². The van der Waals surface area contributed by atoms with Gasteiger partial charge in [0.1, 0.15) is 0 Å². The van der Waals surface area contributed by atoms with Crippen molar-refractivity contribution in [3.05, 3.63) is 0 Å². The van der Waals surface area contributed by atoms with Crippen LogP contribution in [0.4, 0.5) is 0 Å². The predicted octanol–water partition coefficient (Wildman–Crippen LogP) is -0.598. The number of likely N-dealkylation sites (N-methyl/N-ethyl adjacent to an activating group) is 1. The van der Waals surface area contributed by atoms with Crippen LogP contribution in [0, 0.1) is 0 Å². The molecule has 0 saturated carbocycles. The molecule has 1 atom stereocenters. The van der Waals surface area contributed by atoms with Crippen LogP contribution >= 0.6 is 0 Å². The van der Waals surface area contributed by atoms with Crippen LogP contribution in [0.5, 0.6) is 0 Å². The summed E-state index contributed by atoms with van der Waals surface area (Å²) < 4.78 is 0. The Kier molecular flexibility index (Phi) is 5.66. The molecule has 0 aromatic carbocycles. The zero-order valence-electron chi connectivity index (χ0n) is 8.13. The molecule has 0 rings (SSSR count). The summed E-state index contributed by atoms with van der Waals surface area (Å²) in [7, 11) is 3.73. The molecule has 12 heavy (non-hydrogen) atoms. The van der Waals surface area contributed by atoms with Crippen molar-refractivity contribution in [2.45, 2.75) is 19.4 Å². The Morgan fingerprint density at radius 2 is 2.17 bits per heavy atom. The summed E-state index contributed by atoms with van der Waals surface area (Å²) in [6.07, 6.45) is 0.833. The van der Waals surface area contributed by atoms with E-state index in [1.54, 1.807) is 0 Å². The Balaban J connectivity index is 3.32. The maximum atomic E-state index is 11.0. The summed E-state index contributed by atoms with van der Waals surface area (Å²) in [5, 5.41) is 2.78. The summed E-state index contributed by atoms with van der Waals surface area (Å²) in [6.45, 7) is 3.04. The monoisotopic (exact) mass is 173 g/mol. The van der Waals surface area contributed by atoms with Gasteiger partial charge in [-0.1, -0.05) is 0 Å². The van der Waals surface area contributed by atoms with E-state index in [-0.39, 0.29) is 11.9 Å². The number of rotatable bonds is 5. The number of nitrogens with two attached hydrogens (primary N) is 1. The van der Waals surface area contributed by atoms with Crippen LogP contribution in [-0.4, -0.2) is 44.0 Å². The van der Waals surface area contributed by atoms with Crippen LogP contribution in [0.1, 0.15) is 13.3 Å². The highest BCUT2D eigenvalue weighted by Gasteiger charge is 2.01. The summed E-state index contributed by atoms with van der Waals surface area (Å²) in [5.74, 6) is 0.0562. The van der Waals surface area contributed by atoms with E-state index < -0.39 is 0 Å². The van der Waals surface area contributed by atoms with Crippen LogP contribution in [0.15, 0.2) is 0 Å². The largest absolute Gasteiger partial charge is 0.355 e. The maximum absolute atomic E-state index is 11.0. The lowest BCUT2D eigenvalue weighted by atomic mass is 10.2. The first-order chi connectivity index (χ1) is 5.52. The van der Waals surface area contributed by atoms with Crippen molar-refractivity contribution >= 4 is 5.91 Å². The van der Waals surface area contributed by atoms with Gasteiger partial charge in [-0.2, -0.15) is 0 Å². The molecular weight excluding hydrogens is 154 g/mol. The molecule has 72 valence electrons. The third-order valence-electron chi connectivity index (χ3n) is 1.38. The van der Waals surface area contributed by atoms with E-state index in [0.717, 1.165) is 6.42 Å². The minimum absolute atomic E-state index is 0.0562. The van der Waals surface area contributed by atoms with Crippen molar-refractivity contribution in [1.29, 1.82) is 0 Å². The molecule has 0 bridgehead atoms. The quantitative estimate of drug-likeness (QED) is 0.584. The molecule has 0 radical (unpaired) electrons. The van der Waals surface area contributed by atoms with Gasteiger partial charge in [0, 0.05) is 12.6 Å². The second-order valence-corrected chi connectivity index (χ2v) is 3.35. The molecule has 0 spiro atoms. The first-order valence-corrected chi connectivity index (χ1v) is 4.19. The van der Waals surface area contributed by atoms with Crippen LogP contribution < -0.4 is 11.1 Å². The van der Waals surface area contributed by atoms with Crippen molar-refractivity contribution in [3.63, 3.8) is 0 Å². The molecule has 0 aliphatic heterocycles. The van der Waals surface area contributed by atoms with E-state index in [2.05, 4.69) is 5.32 Å². The van der Waals surface area contributed by atoms with E-state index in [1.807, 2.05) is 25.9 Å². The fraction of sp³-hybridized carbons (Fsp3) is 0.875. The summed E-state index contributed by atoms with van der Waals surface area (Å²) >= 11 is 0. The SMILES string of the molecule is CC(N)CCNC(=O)CN(C)C. The van der Waals surface area contributed by atoms with Crippen molar-refractivity contribution < 1.29 is 4.79 Å². The van der Waals surface area contributed by atoms with Crippen molar-refractivity contribution in [2.24, 2.45) is 5.73 Å². The highest BCUT2D eigenvalue weighted by molar-refractivity contribution is 5.77. The van der Waals surface area contributed by atoms with Gasteiger partial charge in [-0.3, -0.25) is 4.79 Å². The average molecular weight is 173 g/mol. The van der Waals surface area contributed by atoms with Gasteiger partial charge in [0.05, 0.1) is 6.54 Å². The first kappa shape index (κ1) is 11.4. The molecule has 0 saturated heterocycles. The van der Waals surface area contributed by atoms with Gasteiger partial charge in [-0.25, -0.2) is 0 Å². The Bertz CT molecular complexity index is 134. The topological polar surface area (TPSA) is 58.4 Å². The molecule has 0 fully saturated rings. The molecule has 0 aliphatic carbocycles. The summed E-state index contributed by atoms with van der Waals surface area (Å²) in [4.78, 5) is 12.9. The molecule has 1 unspecified atom stereocenters. The number of hydrogen-bond donors (Lipinski definition) is 2. The second kappa shape index (κ2) is 5.97. The van der Waals surface area contributed by atoms with E-state index in [4.69, 9.17) is 5.73 Å². The van der Waals surface area contributed by atoms with Gasteiger partial charge in [0.15, 0.2) is 0 Å². The molecule has 0 aliphatic rings. The summed E-state index contributed by atoms with van der Waals surface area (Å²) in [5.41, 5.74) is 5.52. The number of carbonyl (C=O) groups excluding carboxylic acids is 1. The van der Waals surface area contributed by atoms with Crippen LogP contribution in [0.25, 0.3) is 0 Å². The fourth-order valence-corrected chi connectivity index (χ4v) is 0.782. The first-order valence-electron chi connectivity index (χ1n) is 4.19. The van der Waals surface area contributed by atoms with E-state index in [1.165, 1.54) is 0 Å². The van der Waals surface area contributed by atoms with Crippen LogP contribution in [0.2, 0.25) is 0 Å². The standard InChI is InChI=1S/C8H19N3O/c1-7(9)4-5-10-8(12)6-11(2)3/h7H,4-6,9H2,1-3H3,(H,10,12). The van der Waals surface area contributed by atoms with Crippen molar-refractivity contribution in [1.82, 2.24) is 10.2 Å². The molecule has 1 amide bonds. The average Bonchev–Trinajstić information content (AvgIpc) is 1.84. The molecule has 0 aromatic rings.